The number of anilines is 1. The van der Waals surface area contributed by atoms with Crippen LogP contribution in [0.5, 0.6) is 0 Å². The van der Waals surface area contributed by atoms with Gasteiger partial charge in [0.05, 0.1) is 10.7 Å². The summed E-state index contributed by atoms with van der Waals surface area (Å²) in [6.07, 6.45) is 0. The Balaban J connectivity index is 3.01. The van der Waals surface area contributed by atoms with E-state index in [0.717, 1.165) is 0 Å². The first-order valence-corrected chi connectivity index (χ1v) is 7.97. The zero-order valence-corrected chi connectivity index (χ0v) is 13.3. The molecule has 108 valence electrons. The molecule has 0 heterocycles. The molecule has 0 aliphatic rings. The summed E-state index contributed by atoms with van der Waals surface area (Å²) in [6.45, 7) is 8.46. The maximum absolute atomic E-state index is 12.3. The Kier molecular flexibility index (Phi) is 4.87. The summed E-state index contributed by atoms with van der Waals surface area (Å²) in [5.41, 5.74) is 5.71. The Bertz CT molecular complexity index is 534. The summed E-state index contributed by atoms with van der Waals surface area (Å²) in [5, 5.41) is 0.134. The number of sulfonamides is 1. The minimum atomic E-state index is -3.70. The van der Waals surface area contributed by atoms with Crippen LogP contribution >= 0.6 is 11.6 Å². The topological polar surface area (TPSA) is 72.2 Å². The molecular weight excluding hydrogens is 284 g/mol. The lowest BCUT2D eigenvalue weighted by atomic mass is 9.81. The van der Waals surface area contributed by atoms with Gasteiger partial charge in [0, 0.05) is 6.54 Å². The lowest BCUT2D eigenvalue weighted by molar-refractivity contribution is 0.252. The van der Waals surface area contributed by atoms with E-state index < -0.39 is 10.0 Å². The van der Waals surface area contributed by atoms with Crippen molar-refractivity contribution in [2.24, 2.45) is 11.3 Å². The first-order valence-electron chi connectivity index (χ1n) is 6.11. The van der Waals surface area contributed by atoms with Crippen LogP contribution in [-0.2, 0) is 10.0 Å². The summed E-state index contributed by atoms with van der Waals surface area (Å²) in [6, 6.07) is 4.66. The molecule has 3 N–H and O–H groups in total. The van der Waals surface area contributed by atoms with Gasteiger partial charge >= 0.3 is 0 Å². The molecule has 0 atom stereocenters. The second-order valence-electron chi connectivity index (χ2n) is 5.63. The molecule has 0 fully saturated rings. The molecule has 0 bridgehead atoms. The van der Waals surface area contributed by atoms with Crippen LogP contribution < -0.4 is 10.5 Å². The van der Waals surface area contributed by atoms with Crippen LogP contribution in [0.1, 0.15) is 27.7 Å². The Morgan fingerprint density at radius 2 is 1.95 bits per heavy atom. The molecule has 1 aromatic rings. The van der Waals surface area contributed by atoms with E-state index in [-0.39, 0.29) is 21.0 Å². The third-order valence-corrected chi connectivity index (χ3v) is 5.49. The molecular formula is C13H21ClN2O2S. The molecule has 0 saturated heterocycles. The lowest BCUT2D eigenvalue weighted by Gasteiger charge is -2.29. The van der Waals surface area contributed by atoms with Crippen LogP contribution in [0.4, 0.5) is 5.69 Å². The van der Waals surface area contributed by atoms with Crippen LogP contribution in [0.25, 0.3) is 0 Å². The molecule has 0 amide bonds. The van der Waals surface area contributed by atoms with Crippen molar-refractivity contribution in [3.05, 3.63) is 23.2 Å². The molecule has 1 rings (SSSR count). The van der Waals surface area contributed by atoms with Crippen molar-refractivity contribution in [3.63, 3.8) is 0 Å². The molecule has 0 unspecified atom stereocenters. The van der Waals surface area contributed by atoms with Crippen molar-refractivity contribution in [3.8, 4) is 0 Å². The molecule has 1 aromatic carbocycles. The number of hydrogen-bond donors (Lipinski definition) is 2. The van der Waals surface area contributed by atoms with Gasteiger partial charge in [0.1, 0.15) is 4.90 Å². The van der Waals surface area contributed by atoms with Crippen LogP contribution in [0.3, 0.4) is 0 Å². The highest BCUT2D eigenvalue weighted by molar-refractivity contribution is 7.89. The van der Waals surface area contributed by atoms with E-state index in [0.29, 0.717) is 12.5 Å². The van der Waals surface area contributed by atoms with Crippen LogP contribution in [0.15, 0.2) is 23.1 Å². The maximum atomic E-state index is 12.3. The average Bonchev–Trinajstić information content (AvgIpc) is 2.26. The van der Waals surface area contributed by atoms with Gasteiger partial charge in [0.15, 0.2) is 0 Å². The van der Waals surface area contributed by atoms with Crippen LogP contribution in [-0.4, -0.2) is 15.0 Å². The molecule has 4 nitrogen and oxygen atoms in total. The number of rotatable bonds is 5. The van der Waals surface area contributed by atoms with Gasteiger partial charge in [-0.15, -0.1) is 0 Å². The maximum Gasteiger partial charge on any atom is 0.244 e. The van der Waals surface area contributed by atoms with Crippen LogP contribution in [0.2, 0.25) is 5.02 Å². The molecule has 0 aliphatic carbocycles. The highest BCUT2D eigenvalue weighted by atomic mass is 35.5. The Morgan fingerprint density at radius 1 is 1.37 bits per heavy atom. The lowest BCUT2D eigenvalue weighted by Crippen LogP contribution is -2.37. The van der Waals surface area contributed by atoms with E-state index >= 15 is 0 Å². The quantitative estimate of drug-likeness (QED) is 0.822. The average molecular weight is 305 g/mol. The smallest absolute Gasteiger partial charge is 0.244 e. The summed E-state index contributed by atoms with van der Waals surface area (Å²) >= 11 is 5.93. The molecule has 0 radical (unpaired) electrons. The van der Waals surface area contributed by atoms with Crippen molar-refractivity contribution in [1.82, 2.24) is 4.72 Å². The summed E-state index contributed by atoms with van der Waals surface area (Å²) in [4.78, 5) is -0.0452. The van der Waals surface area contributed by atoms with Crippen LogP contribution in [0, 0.1) is 11.3 Å². The van der Waals surface area contributed by atoms with Crippen molar-refractivity contribution >= 4 is 27.3 Å². The summed E-state index contributed by atoms with van der Waals surface area (Å²) < 4.78 is 27.1. The number of nitrogen functional groups attached to an aromatic ring is 1. The molecule has 0 aliphatic heterocycles. The van der Waals surface area contributed by atoms with E-state index in [1.54, 1.807) is 6.07 Å². The van der Waals surface area contributed by atoms with Gasteiger partial charge in [-0.1, -0.05) is 45.4 Å². The number of hydrogen-bond acceptors (Lipinski definition) is 3. The second kappa shape index (κ2) is 5.69. The fourth-order valence-corrected chi connectivity index (χ4v) is 3.26. The van der Waals surface area contributed by atoms with Crippen molar-refractivity contribution < 1.29 is 8.42 Å². The fourth-order valence-electron chi connectivity index (χ4n) is 1.37. The van der Waals surface area contributed by atoms with E-state index in [1.165, 1.54) is 12.1 Å². The summed E-state index contributed by atoms with van der Waals surface area (Å²) in [7, 11) is -3.70. The first-order chi connectivity index (χ1) is 8.58. The van der Waals surface area contributed by atoms with Crippen molar-refractivity contribution in [1.29, 1.82) is 0 Å². The Labute approximate surface area is 120 Å². The third-order valence-electron chi connectivity index (χ3n) is 3.55. The molecule has 0 saturated carbocycles. The van der Waals surface area contributed by atoms with Gasteiger partial charge in [0.25, 0.3) is 0 Å². The number of nitrogens with two attached hydrogens (primary N) is 1. The Morgan fingerprint density at radius 3 is 2.42 bits per heavy atom. The molecule has 0 spiro atoms. The molecule has 19 heavy (non-hydrogen) atoms. The predicted molar refractivity (Wildman–Crippen MR) is 79.7 cm³/mol. The van der Waals surface area contributed by atoms with Gasteiger partial charge in [-0.25, -0.2) is 13.1 Å². The number of halogens is 1. The summed E-state index contributed by atoms with van der Waals surface area (Å²) in [5.74, 6) is 0.346. The van der Waals surface area contributed by atoms with E-state index in [9.17, 15) is 8.42 Å². The monoisotopic (exact) mass is 304 g/mol. The van der Waals surface area contributed by atoms with Gasteiger partial charge in [-0.2, -0.15) is 0 Å². The third kappa shape index (κ3) is 3.84. The van der Waals surface area contributed by atoms with Gasteiger partial charge < -0.3 is 5.73 Å². The standard InChI is InChI=1S/C13H21ClN2O2S/c1-9(2)13(3,4)8-16-19(17,18)12-10(14)6-5-7-11(12)15/h5-7,9,16H,8,15H2,1-4H3. The number of benzene rings is 1. The highest BCUT2D eigenvalue weighted by Gasteiger charge is 2.27. The first kappa shape index (κ1) is 16.3. The molecule has 0 aromatic heterocycles. The van der Waals surface area contributed by atoms with E-state index in [1.807, 2.05) is 13.8 Å². The second-order valence-corrected chi connectivity index (χ2v) is 7.74. The SMILES string of the molecule is CC(C)C(C)(C)CNS(=O)(=O)c1c(N)cccc1Cl. The Hall–Kier alpha value is -0.780. The van der Waals surface area contributed by atoms with Crippen molar-refractivity contribution in [2.75, 3.05) is 12.3 Å². The minimum Gasteiger partial charge on any atom is -0.398 e. The molecule has 6 heteroatoms. The zero-order valence-electron chi connectivity index (χ0n) is 11.7. The van der Waals surface area contributed by atoms with Crippen molar-refractivity contribution in [2.45, 2.75) is 32.6 Å². The predicted octanol–water partition coefficient (Wildman–Crippen LogP) is 2.88. The number of nitrogens with one attached hydrogen (secondary N) is 1. The van der Waals surface area contributed by atoms with Gasteiger partial charge in [0.2, 0.25) is 10.0 Å². The largest absolute Gasteiger partial charge is 0.398 e. The van der Waals surface area contributed by atoms with E-state index in [2.05, 4.69) is 18.6 Å². The minimum absolute atomic E-state index is 0.0452. The fraction of sp³-hybridized carbons (Fsp3) is 0.538. The normalized spacial score (nSPS) is 12.9. The zero-order chi connectivity index (χ0) is 14.8. The van der Waals surface area contributed by atoms with Gasteiger partial charge in [-0.3, -0.25) is 0 Å². The highest BCUT2D eigenvalue weighted by Crippen LogP contribution is 2.29. The van der Waals surface area contributed by atoms with Gasteiger partial charge in [-0.05, 0) is 23.5 Å². The van der Waals surface area contributed by atoms with E-state index in [4.69, 9.17) is 17.3 Å².